The van der Waals surface area contributed by atoms with Crippen molar-refractivity contribution in [2.24, 2.45) is 0 Å². The number of thioether (sulfide) groups is 1. The Hall–Kier alpha value is -1.12. The van der Waals surface area contributed by atoms with E-state index in [0.29, 0.717) is 11.7 Å². The van der Waals surface area contributed by atoms with Crippen LogP contribution in [-0.4, -0.2) is 22.2 Å². The average Bonchev–Trinajstić information content (AvgIpc) is 3.16. The van der Waals surface area contributed by atoms with Gasteiger partial charge in [-0.05, 0) is 29.8 Å². The van der Waals surface area contributed by atoms with Crippen molar-refractivity contribution >= 4 is 29.1 Å². The number of nitrogens with zero attached hydrogens (tertiary/aromatic N) is 2. The van der Waals surface area contributed by atoms with E-state index < -0.39 is 5.97 Å². The zero-order chi connectivity index (χ0) is 15.5. The molecule has 0 saturated heterocycles. The monoisotopic (exact) mass is 356 g/mol. The average molecular weight is 356 g/mol. The van der Waals surface area contributed by atoms with E-state index in [1.807, 2.05) is 35.9 Å². The minimum atomic E-state index is -0.437. The van der Waals surface area contributed by atoms with Gasteiger partial charge in [-0.2, -0.15) is 4.98 Å². The molecule has 0 spiro atoms. The maximum absolute atomic E-state index is 11.2. The van der Waals surface area contributed by atoms with Gasteiger partial charge in [0.1, 0.15) is 0 Å². The van der Waals surface area contributed by atoms with Crippen LogP contribution < -0.4 is 34.3 Å². The molecule has 0 aliphatic carbocycles. The van der Waals surface area contributed by atoms with Gasteiger partial charge in [-0.15, -0.1) is 23.1 Å². The molecule has 0 aliphatic heterocycles. The second-order valence-electron chi connectivity index (χ2n) is 4.31. The fourth-order valence-corrected chi connectivity index (χ4v) is 2.89. The molecule has 0 fully saturated rings. The van der Waals surface area contributed by atoms with E-state index in [1.165, 1.54) is 18.3 Å². The van der Waals surface area contributed by atoms with Crippen molar-refractivity contribution in [3.05, 3.63) is 35.8 Å². The first kappa shape index (κ1) is 18.2. The van der Waals surface area contributed by atoms with Crippen LogP contribution in [0.5, 0.6) is 5.88 Å². The van der Waals surface area contributed by atoms with Crippen molar-refractivity contribution < 1.29 is 44.9 Å². The SMILES string of the molecule is CSc1ccc(-c2nc(OC(C)=O)c(-c3cccs3)o2)cn1.[H-].[Na+]. The van der Waals surface area contributed by atoms with E-state index in [2.05, 4.69) is 9.97 Å². The molecule has 3 rings (SSSR count). The van der Waals surface area contributed by atoms with Crippen LogP contribution in [0.25, 0.3) is 22.1 Å². The van der Waals surface area contributed by atoms with Crippen LogP contribution in [0.1, 0.15) is 8.35 Å². The molecular formula is C15H13N2NaO3S2. The molecule has 0 saturated carbocycles. The number of carbonyl (C=O) groups excluding carboxylic acids is 1. The first-order valence-electron chi connectivity index (χ1n) is 6.41. The molecule has 5 nitrogen and oxygen atoms in total. The van der Waals surface area contributed by atoms with Crippen molar-refractivity contribution in [2.45, 2.75) is 11.9 Å². The second-order valence-corrected chi connectivity index (χ2v) is 6.09. The fraction of sp³-hybridized carbons (Fsp3) is 0.133. The van der Waals surface area contributed by atoms with Gasteiger partial charge in [0.25, 0.3) is 5.88 Å². The molecule has 3 aromatic rings. The van der Waals surface area contributed by atoms with Gasteiger partial charge in [0, 0.05) is 13.1 Å². The Labute approximate surface area is 165 Å². The second kappa shape index (κ2) is 8.12. The Kier molecular flexibility index (Phi) is 6.43. The summed E-state index contributed by atoms with van der Waals surface area (Å²) in [5.74, 6) is 0.571. The molecule has 0 aromatic carbocycles. The smallest absolute Gasteiger partial charge is 1.00 e. The summed E-state index contributed by atoms with van der Waals surface area (Å²) in [5, 5.41) is 2.83. The number of pyridine rings is 1. The predicted octanol–water partition coefficient (Wildman–Crippen LogP) is 1.23. The third kappa shape index (κ3) is 4.24. The Morgan fingerprint density at radius 2 is 2.22 bits per heavy atom. The van der Waals surface area contributed by atoms with Gasteiger partial charge >= 0.3 is 35.5 Å². The summed E-state index contributed by atoms with van der Waals surface area (Å²) in [7, 11) is 0. The van der Waals surface area contributed by atoms with E-state index in [-0.39, 0.29) is 36.9 Å². The Bertz CT molecular complexity index is 792. The van der Waals surface area contributed by atoms with Crippen molar-refractivity contribution in [3.63, 3.8) is 0 Å². The van der Waals surface area contributed by atoms with E-state index >= 15 is 0 Å². The molecular weight excluding hydrogens is 343 g/mol. The van der Waals surface area contributed by atoms with E-state index in [0.717, 1.165) is 15.5 Å². The topological polar surface area (TPSA) is 65.2 Å². The number of oxazole rings is 1. The molecule has 3 heterocycles. The van der Waals surface area contributed by atoms with E-state index in [1.54, 1.807) is 18.0 Å². The quantitative estimate of drug-likeness (QED) is 0.398. The summed E-state index contributed by atoms with van der Waals surface area (Å²) in [6.45, 7) is 1.33. The number of ether oxygens (including phenoxy) is 1. The first-order chi connectivity index (χ1) is 10.7. The minimum absolute atomic E-state index is 0. The largest absolute Gasteiger partial charge is 1.00 e. The van der Waals surface area contributed by atoms with Gasteiger partial charge in [-0.3, -0.25) is 4.79 Å². The van der Waals surface area contributed by atoms with Crippen LogP contribution in [0, 0.1) is 0 Å². The zero-order valence-corrected chi connectivity index (χ0v) is 16.5. The number of hydrogen-bond donors (Lipinski definition) is 0. The predicted molar refractivity (Wildman–Crippen MR) is 87.2 cm³/mol. The van der Waals surface area contributed by atoms with Crippen LogP contribution in [0.15, 0.2) is 45.3 Å². The number of aromatic nitrogens is 2. The van der Waals surface area contributed by atoms with Crippen LogP contribution in [0.4, 0.5) is 0 Å². The van der Waals surface area contributed by atoms with Gasteiger partial charge in [-0.25, -0.2) is 4.98 Å². The molecule has 3 aromatic heterocycles. The third-order valence-electron chi connectivity index (χ3n) is 2.77. The van der Waals surface area contributed by atoms with Crippen molar-refractivity contribution in [1.82, 2.24) is 9.97 Å². The van der Waals surface area contributed by atoms with Gasteiger partial charge in [0.15, 0.2) is 0 Å². The molecule has 0 aliphatic rings. The summed E-state index contributed by atoms with van der Waals surface area (Å²) >= 11 is 3.05. The Morgan fingerprint density at radius 1 is 1.39 bits per heavy atom. The minimum Gasteiger partial charge on any atom is -1.00 e. The van der Waals surface area contributed by atoms with Gasteiger partial charge in [-0.1, -0.05) is 6.07 Å². The van der Waals surface area contributed by atoms with Gasteiger partial charge in [0.05, 0.1) is 15.5 Å². The first-order valence-corrected chi connectivity index (χ1v) is 8.51. The molecule has 0 unspecified atom stereocenters. The molecule has 0 atom stereocenters. The van der Waals surface area contributed by atoms with Gasteiger partial charge in [0.2, 0.25) is 11.7 Å². The molecule has 0 amide bonds. The number of rotatable bonds is 4. The number of thiophene rings is 1. The zero-order valence-electron chi connectivity index (χ0n) is 13.9. The van der Waals surface area contributed by atoms with E-state index in [9.17, 15) is 4.79 Å². The van der Waals surface area contributed by atoms with Crippen molar-refractivity contribution in [3.8, 4) is 28.0 Å². The summed E-state index contributed by atoms with van der Waals surface area (Å²) in [4.78, 5) is 20.7. The number of carbonyl (C=O) groups is 1. The normalized spacial score (nSPS) is 10.2. The molecule has 0 bridgehead atoms. The van der Waals surface area contributed by atoms with Crippen molar-refractivity contribution in [1.29, 1.82) is 0 Å². The standard InChI is InChI=1S/C15H12N2O3S2.Na.H/c1-9(18)19-15-13(11-4-3-7-22-11)20-14(17-15)10-5-6-12(21-2)16-8-10;;/h3-8H,1-2H3;;/q;+1;-1. The van der Waals surface area contributed by atoms with Crippen LogP contribution in [-0.2, 0) is 4.79 Å². The maximum atomic E-state index is 11.2. The summed E-state index contributed by atoms with van der Waals surface area (Å²) in [5.41, 5.74) is 0.731. The molecule has 23 heavy (non-hydrogen) atoms. The Morgan fingerprint density at radius 3 is 2.78 bits per heavy atom. The maximum Gasteiger partial charge on any atom is 1.00 e. The van der Waals surface area contributed by atoms with Crippen molar-refractivity contribution in [2.75, 3.05) is 6.26 Å². The van der Waals surface area contributed by atoms with Gasteiger partial charge < -0.3 is 10.6 Å². The summed E-state index contributed by atoms with van der Waals surface area (Å²) < 4.78 is 10.9. The molecule has 0 N–H and O–H groups in total. The van der Waals surface area contributed by atoms with Crippen LogP contribution in [0.2, 0.25) is 0 Å². The molecule has 114 valence electrons. The van der Waals surface area contributed by atoms with Crippen LogP contribution in [0.3, 0.4) is 0 Å². The third-order valence-corrected chi connectivity index (χ3v) is 4.30. The van der Waals surface area contributed by atoms with E-state index in [4.69, 9.17) is 9.15 Å². The number of esters is 1. The summed E-state index contributed by atoms with van der Waals surface area (Å²) in [6, 6.07) is 7.55. The number of hydrogen-bond acceptors (Lipinski definition) is 7. The van der Waals surface area contributed by atoms with Crippen LogP contribution >= 0.6 is 23.1 Å². The summed E-state index contributed by atoms with van der Waals surface area (Å²) in [6.07, 6.45) is 3.65. The molecule has 0 radical (unpaired) electrons. The fourth-order valence-electron chi connectivity index (χ4n) is 1.83. The molecule has 8 heteroatoms. The Balaban J connectivity index is 0.00000144.